The van der Waals surface area contributed by atoms with E-state index in [1.54, 1.807) is 39.4 Å². The van der Waals surface area contributed by atoms with Gasteiger partial charge in [0.1, 0.15) is 16.5 Å². The van der Waals surface area contributed by atoms with Gasteiger partial charge >= 0.3 is 0 Å². The molecule has 2 aromatic rings. The molecule has 2 unspecified atom stereocenters. The van der Waals surface area contributed by atoms with E-state index in [0.717, 1.165) is 18.5 Å². The van der Waals surface area contributed by atoms with Crippen LogP contribution in [0, 0.1) is 33.5 Å². The van der Waals surface area contributed by atoms with Gasteiger partial charge in [0.25, 0.3) is 5.91 Å². The Hall–Kier alpha value is -2.86. The number of aromatic amines is 1. The summed E-state index contributed by atoms with van der Waals surface area (Å²) in [6.07, 6.45) is 7.25. The minimum absolute atomic E-state index is 0. The molecule has 1 amide bonds. The van der Waals surface area contributed by atoms with Crippen LogP contribution < -0.4 is 11.1 Å². The fraction of sp³-hybridized carbons (Fsp3) is 0.655. The molecule has 1 fully saturated rings. The Labute approximate surface area is 255 Å². The van der Waals surface area contributed by atoms with Crippen molar-refractivity contribution in [2.24, 2.45) is 21.0 Å². The zero-order chi connectivity index (χ0) is 30.2. The monoisotopic (exact) mass is 608 g/mol. The summed E-state index contributed by atoms with van der Waals surface area (Å²) in [5, 5.41) is 20.5. The van der Waals surface area contributed by atoms with E-state index >= 15 is 0 Å². The maximum Gasteiger partial charge on any atom is 0.255 e. The van der Waals surface area contributed by atoms with Crippen molar-refractivity contribution in [1.29, 1.82) is 10.5 Å². The molecule has 10 nitrogen and oxygen atoms in total. The highest BCUT2D eigenvalue weighted by atomic mass is 35.5. The molecule has 3 rings (SSSR count). The Balaban J connectivity index is 0. The van der Waals surface area contributed by atoms with E-state index in [1.807, 2.05) is 48.5 Å². The summed E-state index contributed by atoms with van der Waals surface area (Å²) in [4.78, 5) is 24.4. The Morgan fingerprint density at radius 3 is 2.07 bits per heavy atom. The Morgan fingerprint density at radius 1 is 1.17 bits per heavy atom. The SMILES string of the molecule is C.CC(N)C(C)(C)C#N.CC=NS(=O)C(C)(C)C.C[C@H](NC(=O)c1c[nH]c2ncc(C3CC3)nc12)C(C)(C)C#N.Cl. The number of H-pyrrole nitrogens is 1. The minimum atomic E-state index is -1.07. The van der Waals surface area contributed by atoms with Crippen molar-refractivity contribution in [2.45, 2.75) is 112 Å². The summed E-state index contributed by atoms with van der Waals surface area (Å²) in [6, 6.07) is 4.01. The molecule has 0 aliphatic heterocycles. The number of hydrogen-bond acceptors (Lipinski definition) is 7. The third-order valence-electron chi connectivity index (χ3n) is 6.51. The third-order valence-corrected chi connectivity index (χ3v) is 7.96. The number of amides is 1. The number of carbonyl (C=O) groups is 1. The molecule has 41 heavy (non-hydrogen) atoms. The largest absolute Gasteiger partial charge is 0.348 e. The fourth-order valence-electron chi connectivity index (χ4n) is 2.56. The van der Waals surface area contributed by atoms with E-state index in [-0.39, 0.29) is 48.0 Å². The molecule has 0 aromatic carbocycles. The van der Waals surface area contributed by atoms with Gasteiger partial charge in [0, 0.05) is 30.4 Å². The van der Waals surface area contributed by atoms with Crippen LogP contribution in [0.2, 0.25) is 0 Å². The van der Waals surface area contributed by atoms with Gasteiger partial charge in [-0.3, -0.25) is 4.79 Å². The summed E-state index contributed by atoms with van der Waals surface area (Å²) in [5.74, 6) is 0.253. The molecule has 2 aromatic heterocycles. The lowest BCUT2D eigenvalue weighted by molar-refractivity contribution is 0.0921. The summed E-state index contributed by atoms with van der Waals surface area (Å²) < 4.78 is 14.5. The zero-order valence-electron chi connectivity index (χ0n) is 25.3. The first-order chi connectivity index (χ1) is 17.9. The second-order valence-electron chi connectivity index (χ2n) is 11.8. The van der Waals surface area contributed by atoms with E-state index in [2.05, 4.69) is 36.8 Å². The van der Waals surface area contributed by atoms with Gasteiger partial charge in [-0.15, -0.1) is 12.4 Å². The highest BCUT2D eigenvalue weighted by molar-refractivity contribution is 7.85. The van der Waals surface area contributed by atoms with Crippen molar-refractivity contribution in [3.05, 3.63) is 23.7 Å². The minimum Gasteiger partial charge on any atom is -0.348 e. The quantitative estimate of drug-likeness (QED) is 0.338. The van der Waals surface area contributed by atoms with Gasteiger partial charge in [-0.25, -0.2) is 14.2 Å². The van der Waals surface area contributed by atoms with Gasteiger partial charge < -0.3 is 16.0 Å². The number of nitriles is 2. The number of hydrogen-bond donors (Lipinski definition) is 3. The van der Waals surface area contributed by atoms with Crippen molar-refractivity contribution < 1.29 is 9.00 Å². The van der Waals surface area contributed by atoms with Crippen LogP contribution in [0.5, 0.6) is 0 Å². The molecule has 230 valence electrons. The van der Waals surface area contributed by atoms with E-state index < -0.39 is 16.4 Å². The Kier molecular flexibility index (Phi) is 16.3. The maximum absolute atomic E-state index is 12.5. The second-order valence-corrected chi connectivity index (χ2v) is 13.8. The van der Waals surface area contributed by atoms with Crippen LogP contribution in [-0.4, -0.2) is 48.1 Å². The van der Waals surface area contributed by atoms with Crippen molar-refractivity contribution in [2.75, 3.05) is 0 Å². The average Bonchev–Trinajstić information content (AvgIpc) is 3.62. The lowest BCUT2D eigenvalue weighted by atomic mass is 9.87. The summed E-state index contributed by atoms with van der Waals surface area (Å²) in [7, 11) is -1.07. The van der Waals surface area contributed by atoms with Crippen LogP contribution in [0.25, 0.3) is 11.2 Å². The van der Waals surface area contributed by atoms with E-state index in [0.29, 0.717) is 22.6 Å². The number of halogens is 1. The average molecular weight is 609 g/mol. The molecule has 2 heterocycles. The lowest BCUT2D eigenvalue weighted by Crippen LogP contribution is -2.42. The smallest absolute Gasteiger partial charge is 0.255 e. The van der Waals surface area contributed by atoms with E-state index in [9.17, 15) is 9.00 Å². The first-order valence-electron chi connectivity index (χ1n) is 13.0. The lowest BCUT2D eigenvalue weighted by Gasteiger charge is -2.25. The molecule has 3 atom stereocenters. The number of nitrogens with one attached hydrogen (secondary N) is 2. The highest BCUT2D eigenvalue weighted by Crippen LogP contribution is 2.39. The maximum atomic E-state index is 12.5. The van der Waals surface area contributed by atoms with E-state index in [4.69, 9.17) is 16.3 Å². The van der Waals surface area contributed by atoms with Gasteiger partial charge in [-0.1, -0.05) is 7.43 Å². The van der Waals surface area contributed by atoms with Crippen LogP contribution in [0.4, 0.5) is 0 Å². The summed E-state index contributed by atoms with van der Waals surface area (Å²) in [5.41, 5.74) is 7.09. The molecule has 0 radical (unpaired) electrons. The van der Waals surface area contributed by atoms with Crippen LogP contribution in [-0.2, 0) is 11.0 Å². The molecule has 0 spiro atoms. The third kappa shape index (κ3) is 12.3. The van der Waals surface area contributed by atoms with Gasteiger partial charge in [0.2, 0.25) is 0 Å². The fourth-order valence-corrected chi connectivity index (χ4v) is 3.07. The molecular weight excluding hydrogens is 560 g/mol. The normalized spacial score (nSPS) is 15.2. The number of fused-ring (bicyclic) bond motifs is 1. The van der Waals surface area contributed by atoms with Crippen molar-refractivity contribution >= 4 is 46.7 Å². The van der Waals surface area contributed by atoms with Crippen LogP contribution in [0.15, 0.2) is 16.8 Å². The number of rotatable bonds is 6. The van der Waals surface area contributed by atoms with Gasteiger partial charge in [0.15, 0.2) is 5.65 Å². The standard InChI is InChI=1S/C16H19N5O.C6H12N2.C6H13NOS.CH4.ClH/c1-9(16(2,3)8-17)20-15(22)11-6-18-14-13(11)21-12(7-19-14)10-4-5-10;1-5(8)6(2,3)4-7;1-5-7-9(8)6(2,3)4;;/h6-7,9-10H,4-5H2,1-3H3,(H,18,19)(H,20,22);5H,8H2,1-3H3;5H,1-4H3;1H4;1H/t9-;;;;/m0..../s1. The molecule has 4 N–H and O–H groups in total. The number of aromatic nitrogens is 3. The van der Waals surface area contributed by atoms with Crippen molar-refractivity contribution in [1.82, 2.24) is 20.3 Å². The van der Waals surface area contributed by atoms with Gasteiger partial charge in [0.05, 0.1) is 45.2 Å². The van der Waals surface area contributed by atoms with Gasteiger partial charge in [-0.05, 0) is 82.1 Å². The second kappa shape index (κ2) is 16.5. The molecule has 1 saturated carbocycles. The summed E-state index contributed by atoms with van der Waals surface area (Å²) in [6.45, 7) is 18.4. The molecule has 0 bridgehead atoms. The van der Waals surface area contributed by atoms with Gasteiger partial charge in [-0.2, -0.15) is 14.9 Å². The topological polar surface area (TPSA) is 174 Å². The van der Waals surface area contributed by atoms with Crippen LogP contribution >= 0.6 is 12.4 Å². The van der Waals surface area contributed by atoms with Crippen LogP contribution in [0.1, 0.15) is 111 Å². The summed E-state index contributed by atoms with van der Waals surface area (Å²) >= 11 is 0. The van der Waals surface area contributed by atoms with E-state index in [1.165, 1.54) is 0 Å². The predicted molar refractivity (Wildman–Crippen MR) is 171 cm³/mol. The molecular formula is C29H49ClN8O2S. The predicted octanol–water partition coefficient (Wildman–Crippen LogP) is 5.98. The van der Waals surface area contributed by atoms with Crippen molar-refractivity contribution in [3.63, 3.8) is 0 Å². The Bertz CT molecular complexity index is 1260. The number of carbonyl (C=O) groups excluding carboxylic acids is 1. The number of nitrogens with two attached hydrogens (primary N) is 1. The zero-order valence-corrected chi connectivity index (χ0v) is 27.0. The van der Waals surface area contributed by atoms with Crippen LogP contribution in [0.3, 0.4) is 0 Å². The Morgan fingerprint density at radius 2 is 1.71 bits per heavy atom. The molecule has 1 aliphatic rings. The number of nitrogens with zero attached hydrogens (tertiary/aromatic N) is 5. The molecule has 1 aliphatic carbocycles. The first kappa shape index (κ1) is 40.3. The highest BCUT2D eigenvalue weighted by Gasteiger charge is 2.29. The van der Waals surface area contributed by atoms with Crippen molar-refractivity contribution in [3.8, 4) is 12.1 Å². The first-order valence-corrected chi connectivity index (χ1v) is 14.2. The molecule has 12 heteroatoms. The molecule has 0 saturated heterocycles.